The standard InChI is InChI=1S/C19H20Cl2N2O3S/c1-12-13-5-3-8-18(27(25,26)22-2)14(13)9-10-23(12)19(24)11-15-16(20)6-4-7-17(15)21/h3-8,12,22H,9-11H2,1-2H3. The van der Waals surface area contributed by atoms with Crippen LogP contribution in [0.5, 0.6) is 0 Å². The van der Waals surface area contributed by atoms with Crippen molar-refractivity contribution in [2.75, 3.05) is 13.6 Å². The van der Waals surface area contributed by atoms with Crippen molar-refractivity contribution in [2.24, 2.45) is 0 Å². The van der Waals surface area contributed by atoms with Gasteiger partial charge in [0, 0.05) is 16.6 Å². The first-order valence-electron chi connectivity index (χ1n) is 8.54. The Morgan fingerprint density at radius 2 is 1.81 bits per heavy atom. The molecule has 5 nitrogen and oxygen atoms in total. The van der Waals surface area contributed by atoms with Crippen LogP contribution in [-0.2, 0) is 27.7 Å². The van der Waals surface area contributed by atoms with E-state index in [0.717, 1.165) is 11.1 Å². The third kappa shape index (κ3) is 3.85. The van der Waals surface area contributed by atoms with Gasteiger partial charge in [-0.1, -0.05) is 41.4 Å². The van der Waals surface area contributed by atoms with Crippen molar-refractivity contribution in [1.82, 2.24) is 9.62 Å². The number of amides is 1. The minimum absolute atomic E-state index is 0.0926. The Morgan fingerprint density at radius 3 is 2.44 bits per heavy atom. The second kappa shape index (κ2) is 7.80. The quantitative estimate of drug-likeness (QED) is 0.811. The largest absolute Gasteiger partial charge is 0.335 e. The third-order valence-corrected chi connectivity index (χ3v) is 7.17. The number of carbonyl (C=O) groups is 1. The molecule has 1 unspecified atom stereocenters. The molecule has 0 radical (unpaired) electrons. The zero-order valence-corrected chi connectivity index (χ0v) is 17.3. The molecule has 2 aromatic carbocycles. The lowest BCUT2D eigenvalue weighted by atomic mass is 9.93. The van der Waals surface area contributed by atoms with E-state index in [1.165, 1.54) is 7.05 Å². The molecule has 0 aromatic heterocycles. The highest BCUT2D eigenvalue weighted by Gasteiger charge is 2.31. The van der Waals surface area contributed by atoms with Gasteiger partial charge in [0.2, 0.25) is 15.9 Å². The topological polar surface area (TPSA) is 66.5 Å². The van der Waals surface area contributed by atoms with E-state index in [0.29, 0.717) is 28.6 Å². The molecule has 0 fully saturated rings. The monoisotopic (exact) mass is 426 g/mol. The molecule has 1 aliphatic rings. The molecule has 27 heavy (non-hydrogen) atoms. The van der Waals surface area contributed by atoms with E-state index in [4.69, 9.17) is 23.2 Å². The predicted molar refractivity (Wildman–Crippen MR) is 107 cm³/mol. The van der Waals surface area contributed by atoms with Gasteiger partial charge in [-0.15, -0.1) is 0 Å². The Labute approximate surface area is 169 Å². The number of nitrogens with one attached hydrogen (secondary N) is 1. The van der Waals surface area contributed by atoms with Crippen LogP contribution in [0.3, 0.4) is 0 Å². The van der Waals surface area contributed by atoms with Crippen molar-refractivity contribution in [1.29, 1.82) is 0 Å². The summed E-state index contributed by atoms with van der Waals surface area (Å²) in [4.78, 5) is 14.9. The van der Waals surface area contributed by atoms with Crippen LogP contribution in [-0.4, -0.2) is 32.8 Å². The maximum atomic E-state index is 12.9. The summed E-state index contributed by atoms with van der Waals surface area (Å²) in [5, 5.41) is 0.923. The van der Waals surface area contributed by atoms with Gasteiger partial charge in [-0.05, 0) is 55.3 Å². The summed E-state index contributed by atoms with van der Waals surface area (Å²) in [6.07, 6.45) is 0.575. The van der Waals surface area contributed by atoms with Gasteiger partial charge in [0.25, 0.3) is 0 Å². The molecule has 0 saturated heterocycles. The Bertz CT molecular complexity index is 972. The summed E-state index contributed by atoms with van der Waals surface area (Å²) in [5.74, 6) is -0.0926. The molecule has 1 atom stereocenters. The molecule has 1 N–H and O–H groups in total. The average Bonchev–Trinajstić information content (AvgIpc) is 2.64. The van der Waals surface area contributed by atoms with E-state index in [2.05, 4.69) is 4.72 Å². The zero-order valence-electron chi connectivity index (χ0n) is 15.0. The van der Waals surface area contributed by atoms with Crippen molar-refractivity contribution >= 4 is 39.1 Å². The third-order valence-electron chi connectivity index (χ3n) is 4.96. The van der Waals surface area contributed by atoms with Gasteiger partial charge in [0.1, 0.15) is 0 Å². The van der Waals surface area contributed by atoms with E-state index in [-0.39, 0.29) is 23.3 Å². The van der Waals surface area contributed by atoms with E-state index in [9.17, 15) is 13.2 Å². The molecule has 0 bridgehead atoms. The molecular formula is C19H20Cl2N2O3S. The number of rotatable bonds is 4. The van der Waals surface area contributed by atoms with Crippen molar-refractivity contribution in [3.8, 4) is 0 Å². The fraction of sp³-hybridized carbons (Fsp3) is 0.316. The number of sulfonamides is 1. The zero-order chi connectivity index (χ0) is 19.8. The average molecular weight is 427 g/mol. The Hall–Kier alpha value is -1.60. The minimum atomic E-state index is -3.55. The van der Waals surface area contributed by atoms with Gasteiger partial charge in [-0.2, -0.15) is 0 Å². The van der Waals surface area contributed by atoms with Crippen LogP contribution in [0, 0.1) is 0 Å². The molecule has 1 amide bonds. The lowest BCUT2D eigenvalue weighted by molar-refractivity contribution is -0.133. The highest BCUT2D eigenvalue weighted by atomic mass is 35.5. The summed E-state index contributed by atoms with van der Waals surface area (Å²) < 4.78 is 26.9. The highest BCUT2D eigenvalue weighted by molar-refractivity contribution is 7.89. The number of nitrogens with zero attached hydrogens (tertiary/aromatic N) is 1. The van der Waals surface area contributed by atoms with Gasteiger partial charge < -0.3 is 4.90 Å². The Balaban J connectivity index is 1.90. The smallest absolute Gasteiger partial charge is 0.240 e. The summed E-state index contributed by atoms with van der Waals surface area (Å²) in [7, 11) is -2.16. The SMILES string of the molecule is CNS(=O)(=O)c1cccc2c1CCN(C(=O)Cc1c(Cl)cccc1Cl)C2C. The predicted octanol–water partition coefficient (Wildman–Crippen LogP) is 3.59. The molecule has 2 aromatic rings. The van der Waals surface area contributed by atoms with Crippen LogP contribution in [0.25, 0.3) is 0 Å². The molecule has 0 aliphatic carbocycles. The summed E-state index contributed by atoms with van der Waals surface area (Å²) in [6, 6.07) is 10.1. The van der Waals surface area contributed by atoms with E-state index in [1.54, 1.807) is 35.2 Å². The second-order valence-corrected chi connectivity index (χ2v) is 9.09. The number of hydrogen-bond donors (Lipinski definition) is 1. The number of benzene rings is 2. The molecule has 1 aliphatic heterocycles. The van der Waals surface area contributed by atoms with Crippen LogP contribution in [0.2, 0.25) is 10.0 Å². The first kappa shape index (κ1) is 20.1. The van der Waals surface area contributed by atoms with Gasteiger partial charge in [0.05, 0.1) is 17.4 Å². The van der Waals surface area contributed by atoms with Gasteiger partial charge in [-0.25, -0.2) is 13.1 Å². The summed E-state index contributed by atoms with van der Waals surface area (Å²) in [5.41, 5.74) is 2.21. The maximum Gasteiger partial charge on any atom is 0.240 e. The van der Waals surface area contributed by atoms with Gasteiger partial charge in [-0.3, -0.25) is 4.79 Å². The lowest BCUT2D eigenvalue weighted by Crippen LogP contribution is -2.40. The van der Waals surface area contributed by atoms with Crippen LogP contribution in [0.1, 0.15) is 29.7 Å². The van der Waals surface area contributed by atoms with E-state index in [1.807, 2.05) is 13.0 Å². The summed E-state index contributed by atoms with van der Waals surface area (Å²) >= 11 is 12.4. The molecule has 1 heterocycles. The Kier molecular flexibility index (Phi) is 5.82. The van der Waals surface area contributed by atoms with Crippen molar-refractivity contribution < 1.29 is 13.2 Å². The molecule has 3 rings (SSSR count). The number of fused-ring (bicyclic) bond motifs is 1. The number of hydrogen-bond acceptors (Lipinski definition) is 3. The fourth-order valence-electron chi connectivity index (χ4n) is 3.49. The van der Waals surface area contributed by atoms with Crippen LogP contribution in [0.4, 0.5) is 0 Å². The fourth-order valence-corrected chi connectivity index (χ4v) is 5.04. The van der Waals surface area contributed by atoms with Gasteiger partial charge in [0.15, 0.2) is 0 Å². The van der Waals surface area contributed by atoms with Crippen LogP contribution < -0.4 is 4.72 Å². The number of carbonyl (C=O) groups excluding carboxylic acids is 1. The molecule has 8 heteroatoms. The first-order valence-corrected chi connectivity index (χ1v) is 10.8. The van der Waals surface area contributed by atoms with E-state index >= 15 is 0 Å². The Morgan fingerprint density at radius 1 is 1.19 bits per heavy atom. The summed E-state index contributed by atoms with van der Waals surface area (Å²) in [6.45, 7) is 2.34. The first-order chi connectivity index (χ1) is 12.8. The lowest BCUT2D eigenvalue weighted by Gasteiger charge is -2.36. The van der Waals surface area contributed by atoms with Crippen LogP contribution in [0.15, 0.2) is 41.3 Å². The van der Waals surface area contributed by atoms with E-state index < -0.39 is 10.0 Å². The molecule has 144 valence electrons. The molecular weight excluding hydrogens is 407 g/mol. The molecule has 0 spiro atoms. The second-order valence-electron chi connectivity index (χ2n) is 6.42. The van der Waals surface area contributed by atoms with Crippen molar-refractivity contribution in [3.63, 3.8) is 0 Å². The number of halogens is 2. The highest BCUT2D eigenvalue weighted by Crippen LogP contribution is 2.34. The van der Waals surface area contributed by atoms with Crippen molar-refractivity contribution in [2.45, 2.75) is 30.7 Å². The minimum Gasteiger partial charge on any atom is -0.335 e. The molecule has 0 saturated carbocycles. The normalized spacial score (nSPS) is 16.9. The van der Waals surface area contributed by atoms with Crippen molar-refractivity contribution in [3.05, 3.63) is 63.1 Å². The maximum absolute atomic E-state index is 12.9. The van der Waals surface area contributed by atoms with Gasteiger partial charge >= 0.3 is 0 Å². The van der Waals surface area contributed by atoms with Crippen LogP contribution >= 0.6 is 23.2 Å².